The fourth-order valence-corrected chi connectivity index (χ4v) is 2.37. The highest BCUT2D eigenvalue weighted by Gasteiger charge is 2.14. The maximum atomic E-state index is 12.2. The molecule has 0 spiro atoms. The van der Waals surface area contributed by atoms with Gasteiger partial charge in [0.05, 0.1) is 16.7 Å². The molecule has 3 rings (SSSR count). The van der Waals surface area contributed by atoms with Crippen LogP contribution < -0.4 is 10.1 Å². The molecule has 0 radical (unpaired) electrons. The third-order valence-electron chi connectivity index (χ3n) is 3.33. The van der Waals surface area contributed by atoms with Crippen LogP contribution in [0.25, 0.3) is 0 Å². The van der Waals surface area contributed by atoms with Gasteiger partial charge in [-0.25, -0.2) is 0 Å². The van der Waals surface area contributed by atoms with E-state index < -0.39 is 10.8 Å². The minimum Gasteiger partial charge on any atom is -0.457 e. The first-order chi connectivity index (χ1) is 12.5. The number of anilines is 1. The highest BCUT2D eigenvalue weighted by atomic mass is 35.5. The number of nitro groups is 1. The van der Waals surface area contributed by atoms with Crippen LogP contribution in [0.3, 0.4) is 0 Å². The first kappa shape index (κ1) is 17.4. The molecule has 0 saturated heterocycles. The van der Waals surface area contributed by atoms with Gasteiger partial charge in [-0.15, -0.1) is 0 Å². The lowest BCUT2D eigenvalue weighted by Crippen LogP contribution is -2.12. The Bertz CT molecular complexity index is 964. The van der Waals surface area contributed by atoms with Gasteiger partial charge in [-0.05, 0) is 30.3 Å². The first-order valence-electron chi connectivity index (χ1n) is 7.45. The molecular formula is C18H12ClN3O4. The van der Waals surface area contributed by atoms with Crippen molar-refractivity contribution >= 4 is 28.9 Å². The van der Waals surface area contributed by atoms with Crippen molar-refractivity contribution < 1.29 is 14.5 Å². The van der Waals surface area contributed by atoms with E-state index >= 15 is 0 Å². The van der Waals surface area contributed by atoms with E-state index in [0.29, 0.717) is 16.3 Å². The second kappa shape index (κ2) is 7.62. The zero-order chi connectivity index (χ0) is 18.5. The zero-order valence-corrected chi connectivity index (χ0v) is 14.0. The number of ether oxygens (including phenoxy) is 1. The molecule has 0 saturated carbocycles. The van der Waals surface area contributed by atoms with E-state index in [2.05, 4.69) is 10.3 Å². The number of aromatic nitrogens is 1. The largest absolute Gasteiger partial charge is 0.457 e. The minimum atomic E-state index is -0.563. The van der Waals surface area contributed by atoms with Gasteiger partial charge in [-0.2, -0.15) is 0 Å². The van der Waals surface area contributed by atoms with Crippen molar-refractivity contribution in [2.24, 2.45) is 0 Å². The third kappa shape index (κ3) is 4.34. The average Bonchev–Trinajstić information content (AvgIpc) is 2.62. The number of rotatable bonds is 5. The summed E-state index contributed by atoms with van der Waals surface area (Å²) in [5.74, 6) is 0.206. The van der Waals surface area contributed by atoms with Crippen molar-refractivity contribution in [3.05, 3.63) is 87.7 Å². The lowest BCUT2D eigenvalue weighted by atomic mass is 10.2. The Labute approximate surface area is 153 Å². The minimum absolute atomic E-state index is 0.200. The van der Waals surface area contributed by atoms with Crippen molar-refractivity contribution in [1.82, 2.24) is 4.98 Å². The van der Waals surface area contributed by atoms with Crippen molar-refractivity contribution in [2.45, 2.75) is 0 Å². The molecule has 0 aliphatic heterocycles. The van der Waals surface area contributed by atoms with Crippen LogP contribution in [0.2, 0.25) is 5.02 Å². The number of benzene rings is 2. The van der Waals surface area contributed by atoms with Gasteiger partial charge in [0.25, 0.3) is 11.6 Å². The summed E-state index contributed by atoms with van der Waals surface area (Å²) < 4.78 is 5.63. The summed E-state index contributed by atoms with van der Waals surface area (Å²) in [4.78, 5) is 26.7. The van der Waals surface area contributed by atoms with Gasteiger partial charge in [0.2, 0.25) is 0 Å². The van der Waals surface area contributed by atoms with Crippen molar-refractivity contribution in [3.8, 4) is 11.5 Å². The van der Waals surface area contributed by atoms with E-state index in [9.17, 15) is 14.9 Å². The lowest BCUT2D eigenvalue weighted by molar-refractivity contribution is -0.384. The standard InChI is InChI=1S/C18H12ClN3O4/c19-13-2-1-3-16(8-13)26-17-10-14(9-15(11-17)22(24)25)21-18(23)12-4-6-20-7-5-12/h1-11H,(H,21,23). The molecule has 1 heterocycles. The Morgan fingerprint density at radius 1 is 1.08 bits per heavy atom. The van der Waals surface area contributed by atoms with Crippen LogP contribution in [0.15, 0.2) is 67.0 Å². The SMILES string of the molecule is O=C(Nc1cc(Oc2cccc(Cl)c2)cc([N+](=O)[O-])c1)c1ccncc1. The Balaban J connectivity index is 1.89. The number of carbonyl (C=O) groups is 1. The fourth-order valence-electron chi connectivity index (χ4n) is 2.19. The van der Waals surface area contributed by atoms with Gasteiger partial charge in [-0.1, -0.05) is 17.7 Å². The van der Waals surface area contributed by atoms with E-state index in [4.69, 9.17) is 16.3 Å². The monoisotopic (exact) mass is 369 g/mol. The van der Waals surface area contributed by atoms with Gasteiger partial charge in [0, 0.05) is 35.1 Å². The lowest BCUT2D eigenvalue weighted by Gasteiger charge is -2.10. The maximum absolute atomic E-state index is 12.2. The summed E-state index contributed by atoms with van der Waals surface area (Å²) in [6.45, 7) is 0. The van der Waals surface area contributed by atoms with E-state index in [-0.39, 0.29) is 17.1 Å². The van der Waals surface area contributed by atoms with Gasteiger partial charge >= 0.3 is 0 Å². The number of amides is 1. The molecule has 1 aromatic heterocycles. The highest BCUT2D eigenvalue weighted by Crippen LogP contribution is 2.30. The molecule has 0 unspecified atom stereocenters. The van der Waals surface area contributed by atoms with Crippen molar-refractivity contribution in [2.75, 3.05) is 5.32 Å². The number of hydrogen-bond acceptors (Lipinski definition) is 5. The molecule has 0 fully saturated rings. The summed E-state index contributed by atoms with van der Waals surface area (Å²) in [7, 11) is 0. The number of nitrogens with zero attached hydrogens (tertiary/aromatic N) is 2. The molecule has 2 aromatic carbocycles. The van der Waals surface area contributed by atoms with Crippen LogP contribution in [0.4, 0.5) is 11.4 Å². The molecule has 1 amide bonds. The number of carbonyl (C=O) groups excluding carboxylic acids is 1. The molecule has 130 valence electrons. The predicted molar refractivity (Wildman–Crippen MR) is 96.8 cm³/mol. The fraction of sp³-hybridized carbons (Fsp3) is 0. The van der Waals surface area contributed by atoms with Crippen LogP contribution in [-0.4, -0.2) is 15.8 Å². The second-order valence-electron chi connectivity index (χ2n) is 5.22. The number of nitro benzene ring substituents is 1. The summed E-state index contributed by atoms with van der Waals surface area (Å²) in [5.41, 5.74) is 0.399. The summed E-state index contributed by atoms with van der Waals surface area (Å²) >= 11 is 5.91. The number of hydrogen-bond donors (Lipinski definition) is 1. The Kier molecular flexibility index (Phi) is 5.09. The normalized spacial score (nSPS) is 10.2. The van der Waals surface area contributed by atoms with Crippen LogP contribution in [0.1, 0.15) is 10.4 Å². The Hall–Kier alpha value is -3.45. The molecule has 1 N–H and O–H groups in total. The van der Waals surface area contributed by atoms with E-state index in [1.165, 1.54) is 42.7 Å². The van der Waals surface area contributed by atoms with Gasteiger partial charge in [0.1, 0.15) is 11.5 Å². The molecule has 0 atom stereocenters. The molecule has 0 bridgehead atoms. The quantitative estimate of drug-likeness (QED) is 0.520. The van der Waals surface area contributed by atoms with Gasteiger partial charge < -0.3 is 10.1 Å². The molecule has 0 aliphatic carbocycles. The van der Waals surface area contributed by atoms with Crippen LogP contribution >= 0.6 is 11.6 Å². The van der Waals surface area contributed by atoms with Gasteiger partial charge in [0.15, 0.2) is 0 Å². The molecule has 3 aromatic rings. The number of halogens is 1. The molecule has 8 heteroatoms. The maximum Gasteiger partial charge on any atom is 0.275 e. The van der Waals surface area contributed by atoms with Crippen molar-refractivity contribution in [3.63, 3.8) is 0 Å². The molecular weight excluding hydrogens is 358 g/mol. The average molecular weight is 370 g/mol. The van der Waals surface area contributed by atoms with Gasteiger partial charge in [-0.3, -0.25) is 19.9 Å². The zero-order valence-electron chi connectivity index (χ0n) is 13.3. The molecule has 7 nitrogen and oxygen atoms in total. The van der Waals surface area contributed by atoms with Crippen molar-refractivity contribution in [1.29, 1.82) is 0 Å². The van der Waals surface area contributed by atoms with Crippen LogP contribution in [0, 0.1) is 10.1 Å². The highest BCUT2D eigenvalue weighted by molar-refractivity contribution is 6.30. The third-order valence-corrected chi connectivity index (χ3v) is 3.57. The van der Waals surface area contributed by atoms with Crippen LogP contribution in [0.5, 0.6) is 11.5 Å². The number of non-ortho nitro benzene ring substituents is 1. The summed E-state index contributed by atoms with van der Waals surface area (Å²) in [6.07, 6.45) is 2.96. The predicted octanol–water partition coefficient (Wildman–Crippen LogP) is 4.69. The second-order valence-corrected chi connectivity index (χ2v) is 5.66. The topological polar surface area (TPSA) is 94.4 Å². The summed E-state index contributed by atoms with van der Waals surface area (Å²) in [6, 6.07) is 13.7. The smallest absolute Gasteiger partial charge is 0.275 e. The summed E-state index contributed by atoms with van der Waals surface area (Å²) in [5, 5.41) is 14.3. The molecule has 26 heavy (non-hydrogen) atoms. The van der Waals surface area contributed by atoms with E-state index in [1.54, 1.807) is 24.3 Å². The van der Waals surface area contributed by atoms with E-state index in [1.807, 2.05) is 0 Å². The van der Waals surface area contributed by atoms with Crippen LogP contribution in [-0.2, 0) is 0 Å². The first-order valence-corrected chi connectivity index (χ1v) is 7.83. The number of pyridine rings is 1. The number of nitrogens with one attached hydrogen (secondary N) is 1. The Morgan fingerprint density at radius 2 is 1.85 bits per heavy atom. The van der Waals surface area contributed by atoms with E-state index in [0.717, 1.165) is 0 Å². The Morgan fingerprint density at radius 3 is 2.54 bits per heavy atom. The molecule has 0 aliphatic rings.